The molecule has 3 nitrogen and oxygen atoms in total. The number of rotatable bonds is 3. The Morgan fingerprint density at radius 3 is 2.75 bits per heavy atom. The van der Waals surface area contributed by atoms with E-state index >= 15 is 0 Å². The molecule has 1 N–H and O–H groups in total. The first kappa shape index (κ1) is 15.1. The molecule has 0 amide bonds. The molecule has 1 aliphatic heterocycles. The lowest BCUT2D eigenvalue weighted by Crippen LogP contribution is -2.42. The van der Waals surface area contributed by atoms with Crippen LogP contribution >= 0.6 is 0 Å². The van der Waals surface area contributed by atoms with Gasteiger partial charge in [-0.15, -0.1) is 0 Å². The summed E-state index contributed by atoms with van der Waals surface area (Å²) in [5.41, 5.74) is 0.303. The highest BCUT2D eigenvalue weighted by atomic mass is 19.4. The van der Waals surface area contributed by atoms with Crippen LogP contribution in [0.4, 0.5) is 18.9 Å². The number of ether oxygens (including phenoxy) is 1. The molecular formula is C14H19F3N2O. The second kappa shape index (κ2) is 6.01. The summed E-state index contributed by atoms with van der Waals surface area (Å²) >= 11 is 0. The van der Waals surface area contributed by atoms with Crippen LogP contribution in [0.2, 0.25) is 0 Å². The van der Waals surface area contributed by atoms with Gasteiger partial charge in [-0.2, -0.15) is 13.2 Å². The van der Waals surface area contributed by atoms with Crippen molar-refractivity contribution in [2.45, 2.75) is 25.7 Å². The third-order valence-corrected chi connectivity index (χ3v) is 3.33. The average molecular weight is 288 g/mol. The zero-order valence-electron chi connectivity index (χ0n) is 11.6. The molecule has 112 valence electrons. The predicted molar refractivity (Wildman–Crippen MR) is 71.8 cm³/mol. The van der Waals surface area contributed by atoms with Crippen LogP contribution in [0.1, 0.15) is 18.1 Å². The van der Waals surface area contributed by atoms with E-state index in [2.05, 4.69) is 5.32 Å². The summed E-state index contributed by atoms with van der Waals surface area (Å²) in [5.74, 6) is 0. The molecule has 0 spiro atoms. The Morgan fingerprint density at radius 1 is 1.40 bits per heavy atom. The maximum atomic E-state index is 13.2. The maximum absolute atomic E-state index is 13.2. The van der Waals surface area contributed by atoms with Crippen molar-refractivity contribution in [3.8, 4) is 0 Å². The second-order valence-electron chi connectivity index (χ2n) is 5.01. The Bertz CT molecular complexity index is 462. The van der Waals surface area contributed by atoms with Gasteiger partial charge in [0, 0.05) is 25.3 Å². The number of benzene rings is 1. The molecule has 0 aliphatic carbocycles. The molecule has 0 radical (unpaired) electrons. The first-order valence-electron chi connectivity index (χ1n) is 6.63. The van der Waals surface area contributed by atoms with Crippen LogP contribution in [0.15, 0.2) is 18.2 Å². The molecule has 6 heteroatoms. The lowest BCUT2D eigenvalue weighted by atomic mass is 10.1. The number of nitrogens with zero attached hydrogens (tertiary/aromatic N) is 1. The van der Waals surface area contributed by atoms with Crippen LogP contribution < -0.4 is 10.2 Å². The highest BCUT2D eigenvalue weighted by molar-refractivity contribution is 5.57. The van der Waals surface area contributed by atoms with Gasteiger partial charge < -0.3 is 15.0 Å². The topological polar surface area (TPSA) is 24.5 Å². The summed E-state index contributed by atoms with van der Waals surface area (Å²) in [7, 11) is 1.71. The molecule has 1 saturated heterocycles. The molecule has 1 heterocycles. The van der Waals surface area contributed by atoms with Gasteiger partial charge >= 0.3 is 6.18 Å². The Morgan fingerprint density at radius 2 is 2.15 bits per heavy atom. The van der Waals surface area contributed by atoms with Crippen molar-refractivity contribution in [2.75, 3.05) is 31.6 Å². The third kappa shape index (κ3) is 3.43. The molecule has 1 unspecified atom stereocenters. The maximum Gasteiger partial charge on any atom is 0.418 e. The number of alkyl halides is 3. The molecule has 1 aromatic rings. The first-order valence-corrected chi connectivity index (χ1v) is 6.63. The summed E-state index contributed by atoms with van der Waals surface area (Å²) in [4.78, 5) is 1.75. The van der Waals surface area contributed by atoms with Crippen LogP contribution in [-0.4, -0.2) is 32.8 Å². The van der Waals surface area contributed by atoms with E-state index in [4.69, 9.17) is 4.74 Å². The SMILES string of the molecule is CNCc1ccc(N2CCOC(C)C2)c(C(F)(F)F)c1. The van der Waals surface area contributed by atoms with E-state index in [1.807, 2.05) is 6.92 Å². The fourth-order valence-corrected chi connectivity index (χ4v) is 2.44. The van der Waals surface area contributed by atoms with E-state index in [0.717, 1.165) is 0 Å². The highest BCUT2D eigenvalue weighted by Crippen LogP contribution is 2.37. The number of nitrogens with one attached hydrogen (secondary N) is 1. The number of morpholine rings is 1. The van der Waals surface area contributed by atoms with Crippen molar-refractivity contribution in [3.05, 3.63) is 29.3 Å². The van der Waals surface area contributed by atoms with Gasteiger partial charge in [-0.05, 0) is 31.7 Å². The largest absolute Gasteiger partial charge is 0.418 e. The summed E-state index contributed by atoms with van der Waals surface area (Å²) < 4.78 is 45.1. The number of hydrogen-bond acceptors (Lipinski definition) is 3. The Hall–Kier alpha value is -1.27. The molecule has 20 heavy (non-hydrogen) atoms. The van der Waals surface area contributed by atoms with Gasteiger partial charge in [0.05, 0.1) is 18.3 Å². The van der Waals surface area contributed by atoms with Gasteiger partial charge in [0.25, 0.3) is 0 Å². The first-order chi connectivity index (χ1) is 9.41. The Labute approximate surface area is 116 Å². The van der Waals surface area contributed by atoms with Crippen LogP contribution in [0.5, 0.6) is 0 Å². The fraction of sp³-hybridized carbons (Fsp3) is 0.571. The van der Waals surface area contributed by atoms with E-state index < -0.39 is 11.7 Å². The Kier molecular flexibility index (Phi) is 4.55. The van der Waals surface area contributed by atoms with Crippen LogP contribution in [0.25, 0.3) is 0 Å². The van der Waals surface area contributed by atoms with E-state index in [0.29, 0.717) is 31.8 Å². The molecule has 1 fully saturated rings. The average Bonchev–Trinajstić information content (AvgIpc) is 2.38. The molecule has 1 aromatic carbocycles. The molecule has 1 atom stereocenters. The standard InChI is InChI=1S/C14H19F3N2O/c1-10-9-19(5-6-20-10)13-4-3-11(8-18-2)7-12(13)14(15,16)17/h3-4,7,10,18H,5-6,8-9H2,1-2H3. The third-order valence-electron chi connectivity index (χ3n) is 3.33. The summed E-state index contributed by atoms with van der Waals surface area (Å²) in [6.45, 7) is 3.71. The van der Waals surface area contributed by atoms with Crippen molar-refractivity contribution in [2.24, 2.45) is 0 Å². The van der Waals surface area contributed by atoms with Gasteiger partial charge in [-0.25, -0.2) is 0 Å². The fourth-order valence-electron chi connectivity index (χ4n) is 2.44. The summed E-state index contributed by atoms with van der Waals surface area (Å²) in [6, 6.07) is 4.53. The van der Waals surface area contributed by atoms with E-state index in [9.17, 15) is 13.2 Å². The van der Waals surface area contributed by atoms with E-state index in [1.165, 1.54) is 6.07 Å². The zero-order chi connectivity index (χ0) is 14.8. The van der Waals surface area contributed by atoms with E-state index in [1.54, 1.807) is 24.1 Å². The van der Waals surface area contributed by atoms with Gasteiger partial charge in [0.1, 0.15) is 0 Å². The molecule has 2 rings (SSSR count). The van der Waals surface area contributed by atoms with Gasteiger partial charge in [-0.1, -0.05) is 6.07 Å². The lowest BCUT2D eigenvalue weighted by molar-refractivity contribution is -0.137. The normalized spacial score (nSPS) is 20.2. The van der Waals surface area contributed by atoms with Crippen molar-refractivity contribution in [3.63, 3.8) is 0 Å². The minimum Gasteiger partial charge on any atom is -0.375 e. The molecule has 1 aliphatic rings. The van der Waals surface area contributed by atoms with Gasteiger partial charge in [-0.3, -0.25) is 0 Å². The second-order valence-corrected chi connectivity index (χ2v) is 5.01. The molecule has 0 aromatic heterocycles. The van der Waals surface area contributed by atoms with Crippen molar-refractivity contribution < 1.29 is 17.9 Å². The summed E-state index contributed by atoms with van der Waals surface area (Å²) in [5, 5.41) is 2.87. The number of halogens is 3. The number of anilines is 1. The number of hydrogen-bond donors (Lipinski definition) is 1. The molecular weight excluding hydrogens is 269 g/mol. The van der Waals surface area contributed by atoms with Crippen molar-refractivity contribution in [1.82, 2.24) is 5.32 Å². The minimum absolute atomic E-state index is 0.0539. The molecule has 0 bridgehead atoms. The zero-order valence-corrected chi connectivity index (χ0v) is 11.6. The highest BCUT2D eigenvalue weighted by Gasteiger charge is 2.35. The lowest BCUT2D eigenvalue weighted by Gasteiger charge is -2.34. The van der Waals surface area contributed by atoms with Crippen molar-refractivity contribution in [1.29, 1.82) is 0 Å². The van der Waals surface area contributed by atoms with Crippen LogP contribution in [0, 0.1) is 0 Å². The predicted octanol–water partition coefficient (Wildman–Crippen LogP) is 2.65. The van der Waals surface area contributed by atoms with E-state index in [-0.39, 0.29) is 11.8 Å². The van der Waals surface area contributed by atoms with Crippen LogP contribution in [-0.2, 0) is 17.5 Å². The summed E-state index contributed by atoms with van der Waals surface area (Å²) in [6.07, 6.45) is -4.40. The van der Waals surface area contributed by atoms with Gasteiger partial charge in [0.2, 0.25) is 0 Å². The minimum atomic E-state index is -4.35. The smallest absolute Gasteiger partial charge is 0.375 e. The monoisotopic (exact) mass is 288 g/mol. The quantitative estimate of drug-likeness (QED) is 0.925. The van der Waals surface area contributed by atoms with Gasteiger partial charge in [0.15, 0.2) is 0 Å². The molecule has 0 saturated carbocycles. The van der Waals surface area contributed by atoms with Crippen LogP contribution in [0.3, 0.4) is 0 Å². The Balaban J connectivity index is 2.36. The van der Waals surface area contributed by atoms with Crippen molar-refractivity contribution >= 4 is 5.69 Å².